The molecule has 148 valence electrons. The van der Waals surface area contributed by atoms with E-state index in [0.29, 0.717) is 36.3 Å². The molecule has 0 bridgehead atoms. The van der Waals surface area contributed by atoms with Gasteiger partial charge in [0.2, 0.25) is 11.7 Å². The van der Waals surface area contributed by atoms with Crippen molar-refractivity contribution in [3.63, 3.8) is 0 Å². The summed E-state index contributed by atoms with van der Waals surface area (Å²) in [5.41, 5.74) is 2.65. The molecule has 0 saturated heterocycles. The van der Waals surface area contributed by atoms with Gasteiger partial charge in [-0.1, -0.05) is 5.16 Å². The summed E-state index contributed by atoms with van der Waals surface area (Å²) in [5, 5.41) is 11.6. The van der Waals surface area contributed by atoms with Gasteiger partial charge in [-0.15, -0.1) is 0 Å². The van der Waals surface area contributed by atoms with Gasteiger partial charge < -0.3 is 9.84 Å². The van der Waals surface area contributed by atoms with E-state index in [1.165, 1.54) is 12.1 Å². The molecule has 0 spiro atoms. The predicted molar refractivity (Wildman–Crippen MR) is 105 cm³/mol. The fourth-order valence-corrected chi connectivity index (χ4v) is 2.93. The second kappa shape index (κ2) is 8.17. The Balaban J connectivity index is 1.32. The number of aryl methyl sites for hydroxylation is 3. The third-order valence-corrected chi connectivity index (χ3v) is 4.29. The van der Waals surface area contributed by atoms with Crippen LogP contribution in [0.5, 0.6) is 0 Å². The molecule has 3 heterocycles. The zero-order chi connectivity index (χ0) is 20.2. The molecule has 4 aromatic rings. The van der Waals surface area contributed by atoms with Gasteiger partial charge >= 0.3 is 0 Å². The molecular formula is C20H20FN7O. The van der Waals surface area contributed by atoms with Crippen molar-refractivity contribution in [2.75, 3.05) is 11.9 Å². The maximum Gasteiger partial charge on any atom is 0.227 e. The SMILES string of the molecule is Cc1cc(C)n(-c2cncc(NCCCc3nc(-c4ccc(F)cc4)no3)n2)n1. The topological polar surface area (TPSA) is 94.6 Å². The second-order valence-corrected chi connectivity index (χ2v) is 6.65. The molecule has 4 rings (SSSR count). The first kappa shape index (κ1) is 18.7. The first-order chi connectivity index (χ1) is 14.1. The molecule has 1 aromatic carbocycles. The third-order valence-electron chi connectivity index (χ3n) is 4.29. The van der Waals surface area contributed by atoms with Crippen molar-refractivity contribution < 1.29 is 8.91 Å². The van der Waals surface area contributed by atoms with Crippen LogP contribution in [0, 0.1) is 19.7 Å². The predicted octanol–water partition coefficient (Wildman–Crippen LogP) is 3.51. The van der Waals surface area contributed by atoms with Gasteiger partial charge in [0, 0.05) is 24.2 Å². The summed E-state index contributed by atoms with van der Waals surface area (Å²) in [6, 6.07) is 7.99. The smallest absolute Gasteiger partial charge is 0.227 e. The molecule has 0 radical (unpaired) electrons. The Bertz CT molecular complexity index is 1100. The van der Waals surface area contributed by atoms with E-state index in [0.717, 1.165) is 23.4 Å². The molecule has 0 atom stereocenters. The van der Waals surface area contributed by atoms with E-state index in [9.17, 15) is 4.39 Å². The Morgan fingerprint density at radius 3 is 2.69 bits per heavy atom. The Kier molecular flexibility index (Phi) is 5.28. The molecule has 0 amide bonds. The zero-order valence-corrected chi connectivity index (χ0v) is 16.1. The van der Waals surface area contributed by atoms with Crippen molar-refractivity contribution in [3.8, 4) is 17.2 Å². The number of rotatable bonds is 7. The summed E-state index contributed by atoms with van der Waals surface area (Å²) in [7, 11) is 0. The number of hydrogen-bond acceptors (Lipinski definition) is 7. The van der Waals surface area contributed by atoms with Crippen molar-refractivity contribution in [2.24, 2.45) is 0 Å². The highest BCUT2D eigenvalue weighted by atomic mass is 19.1. The summed E-state index contributed by atoms with van der Waals surface area (Å²) in [6.45, 7) is 4.59. The average molecular weight is 393 g/mol. The first-order valence-corrected chi connectivity index (χ1v) is 9.26. The molecule has 0 aliphatic carbocycles. The van der Waals surface area contributed by atoms with Gasteiger partial charge in [-0.3, -0.25) is 4.98 Å². The van der Waals surface area contributed by atoms with Gasteiger partial charge in [0.1, 0.15) is 11.6 Å². The number of halogens is 1. The van der Waals surface area contributed by atoms with Gasteiger partial charge in [0.25, 0.3) is 0 Å². The Morgan fingerprint density at radius 1 is 1.10 bits per heavy atom. The van der Waals surface area contributed by atoms with E-state index in [1.54, 1.807) is 29.2 Å². The van der Waals surface area contributed by atoms with Crippen LogP contribution in [0.25, 0.3) is 17.2 Å². The lowest BCUT2D eigenvalue weighted by Crippen LogP contribution is -2.08. The maximum atomic E-state index is 13.0. The van der Waals surface area contributed by atoms with Crippen LogP contribution >= 0.6 is 0 Å². The normalized spacial score (nSPS) is 11.0. The zero-order valence-electron chi connectivity index (χ0n) is 16.1. The highest BCUT2D eigenvalue weighted by molar-refractivity contribution is 5.53. The third kappa shape index (κ3) is 4.45. The van der Waals surface area contributed by atoms with Crippen molar-refractivity contribution in [1.29, 1.82) is 0 Å². The van der Waals surface area contributed by atoms with Crippen LogP contribution in [0.4, 0.5) is 10.2 Å². The van der Waals surface area contributed by atoms with Gasteiger partial charge in [-0.05, 0) is 50.6 Å². The monoisotopic (exact) mass is 393 g/mol. The van der Waals surface area contributed by atoms with Crippen molar-refractivity contribution in [1.82, 2.24) is 29.9 Å². The highest BCUT2D eigenvalue weighted by Gasteiger charge is 2.09. The fourth-order valence-electron chi connectivity index (χ4n) is 2.93. The molecule has 8 nitrogen and oxygen atoms in total. The molecule has 3 aromatic heterocycles. The first-order valence-electron chi connectivity index (χ1n) is 9.26. The van der Waals surface area contributed by atoms with Gasteiger partial charge in [0.05, 0.1) is 18.1 Å². The highest BCUT2D eigenvalue weighted by Crippen LogP contribution is 2.17. The van der Waals surface area contributed by atoms with Crippen LogP contribution in [0.3, 0.4) is 0 Å². The second-order valence-electron chi connectivity index (χ2n) is 6.65. The van der Waals surface area contributed by atoms with E-state index in [1.807, 2.05) is 19.9 Å². The molecule has 0 saturated carbocycles. The number of aromatic nitrogens is 6. The molecule has 0 fully saturated rings. The lowest BCUT2D eigenvalue weighted by Gasteiger charge is -2.07. The van der Waals surface area contributed by atoms with Crippen LogP contribution in [-0.2, 0) is 6.42 Å². The minimum absolute atomic E-state index is 0.298. The molecule has 0 unspecified atom stereocenters. The maximum absolute atomic E-state index is 13.0. The molecule has 0 aliphatic rings. The van der Waals surface area contributed by atoms with Gasteiger partial charge in [-0.25, -0.2) is 14.1 Å². The van der Waals surface area contributed by atoms with Crippen LogP contribution in [0.1, 0.15) is 23.7 Å². The summed E-state index contributed by atoms with van der Waals surface area (Å²) in [5.74, 6) is 2.03. The molecule has 0 aliphatic heterocycles. The quantitative estimate of drug-likeness (QED) is 0.480. The largest absolute Gasteiger partial charge is 0.369 e. The van der Waals surface area contributed by atoms with Gasteiger partial charge in [-0.2, -0.15) is 10.1 Å². The van der Waals surface area contributed by atoms with Gasteiger partial charge in [0.15, 0.2) is 5.82 Å². The number of nitrogens with one attached hydrogen (secondary N) is 1. The molecular weight excluding hydrogens is 373 g/mol. The summed E-state index contributed by atoms with van der Waals surface area (Å²) in [6.07, 6.45) is 4.75. The Hall–Kier alpha value is -3.62. The van der Waals surface area contributed by atoms with E-state index in [2.05, 4.69) is 30.5 Å². The summed E-state index contributed by atoms with van der Waals surface area (Å²) < 4.78 is 20.0. The van der Waals surface area contributed by atoms with Crippen molar-refractivity contribution in [3.05, 3.63) is 65.8 Å². The molecule has 9 heteroatoms. The molecule has 29 heavy (non-hydrogen) atoms. The standard InChI is InChI=1S/C20H20FN7O/c1-13-10-14(2)28(26-13)18-12-22-11-17(24-18)23-9-3-4-19-25-20(27-29-19)15-5-7-16(21)8-6-15/h5-8,10-12H,3-4,9H2,1-2H3,(H,23,24). The summed E-state index contributed by atoms with van der Waals surface area (Å²) in [4.78, 5) is 13.1. The number of nitrogens with zero attached hydrogens (tertiary/aromatic N) is 6. The van der Waals surface area contributed by atoms with E-state index >= 15 is 0 Å². The van der Waals surface area contributed by atoms with Crippen LogP contribution in [0.15, 0.2) is 47.2 Å². The minimum atomic E-state index is -0.298. The number of benzene rings is 1. The average Bonchev–Trinajstić information content (AvgIpc) is 3.32. The summed E-state index contributed by atoms with van der Waals surface area (Å²) >= 11 is 0. The lowest BCUT2D eigenvalue weighted by molar-refractivity contribution is 0.377. The van der Waals surface area contributed by atoms with Crippen molar-refractivity contribution in [2.45, 2.75) is 26.7 Å². The number of hydrogen-bond donors (Lipinski definition) is 1. The van der Waals surface area contributed by atoms with Crippen LogP contribution in [-0.4, -0.2) is 36.4 Å². The minimum Gasteiger partial charge on any atom is -0.369 e. The van der Waals surface area contributed by atoms with E-state index in [-0.39, 0.29) is 5.82 Å². The lowest BCUT2D eigenvalue weighted by atomic mass is 10.2. The fraction of sp³-hybridized carbons (Fsp3) is 0.250. The van der Waals surface area contributed by atoms with E-state index < -0.39 is 0 Å². The van der Waals surface area contributed by atoms with Crippen LogP contribution < -0.4 is 5.32 Å². The van der Waals surface area contributed by atoms with Crippen LogP contribution in [0.2, 0.25) is 0 Å². The molecule has 1 N–H and O–H groups in total. The van der Waals surface area contributed by atoms with Crippen molar-refractivity contribution >= 4 is 5.82 Å². The number of anilines is 1. The van der Waals surface area contributed by atoms with E-state index in [4.69, 9.17) is 4.52 Å². The Morgan fingerprint density at radius 2 is 1.93 bits per heavy atom. The Labute approximate surface area is 166 Å².